The van der Waals surface area contributed by atoms with Gasteiger partial charge in [0.2, 0.25) is 0 Å². The van der Waals surface area contributed by atoms with Crippen LogP contribution >= 0.6 is 0 Å². The fourth-order valence-corrected chi connectivity index (χ4v) is 1.61. The smallest absolute Gasteiger partial charge is 0.274 e. The molecule has 1 amide bonds. The summed E-state index contributed by atoms with van der Waals surface area (Å²) in [5.74, 6) is 1.26. The maximum Gasteiger partial charge on any atom is 0.274 e. The van der Waals surface area contributed by atoms with Gasteiger partial charge in [-0.25, -0.2) is 4.98 Å². The first-order valence-corrected chi connectivity index (χ1v) is 5.85. The van der Waals surface area contributed by atoms with E-state index in [0.29, 0.717) is 18.1 Å². The molecule has 0 spiro atoms. The Morgan fingerprint density at radius 1 is 1.42 bits per heavy atom. The summed E-state index contributed by atoms with van der Waals surface area (Å²) in [7, 11) is 5.35. The van der Waals surface area contributed by atoms with E-state index >= 15 is 0 Å². The van der Waals surface area contributed by atoms with Crippen LogP contribution in [0.15, 0.2) is 24.5 Å². The number of rotatable bonds is 4. The Bertz CT molecular complexity index is 562. The van der Waals surface area contributed by atoms with E-state index in [9.17, 15) is 4.79 Å². The fraction of sp³-hybridized carbons (Fsp3) is 0.333. The Balaban J connectivity index is 2.08. The zero-order valence-electron chi connectivity index (χ0n) is 11.2. The van der Waals surface area contributed by atoms with Gasteiger partial charge in [-0.3, -0.25) is 4.79 Å². The molecule has 2 aromatic rings. The molecule has 0 fully saturated rings. The van der Waals surface area contributed by atoms with Crippen LogP contribution in [-0.4, -0.2) is 44.7 Å². The van der Waals surface area contributed by atoms with E-state index in [1.165, 1.54) is 0 Å². The molecule has 0 saturated carbocycles. The third-order valence-electron chi connectivity index (χ3n) is 2.79. The van der Waals surface area contributed by atoms with E-state index in [4.69, 9.17) is 0 Å². The van der Waals surface area contributed by atoms with Crippen LogP contribution in [0.2, 0.25) is 0 Å². The number of anilines is 1. The zero-order valence-corrected chi connectivity index (χ0v) is 11.2. The van der Waals surface area contributed by atoms with Gasteiger partial charge in [0, 0.05) is 33.5 Å². The van der Waals surface area contributed by atoms with Crippen LogP contribution in [0.1, 0.15) is 16.3 Å². The van der Waals surface area contributed by atoms with E-state index in [0.717, 1.165) is 5.82 Å². The van der Waals surface area contributed by atoms with Crippen molar-refractivity contribution in [3.05, 3.63) is 36.0 Å². The molecule has 0 aromatic carbocycles. The normalized spacial score (nSPS) is 10.3. The minimum absolute atomic E-state index is 0.182. The summed E-state index contributed by atoms with van der Waals surface area (Å²) in [6.07, 6.45) is 3.55. The SMILES string of the molecule is CNc1ccc(C(=O)N(C)Cc2nccn2C)nn1. The molecule has 2 aromatic heterocycles. The van der Waals surface area contributed by atoms with Gasteiger partial charge in [0.1, 0.15) is 11.6 Å². The summed E-state index contributed by atoms with van der Waals surface area (Å²) in [4.78, 5) is 17.9. The lowest BCUT2D eigenvalue weighted by Gasteiger charge is -2.16. The van der Waals surface area contributed by atoms with Crippen LogP contribution < -0.4 is 5.32 Å². The lowest BCUT2D eigenvalue weighted by Crippen LogP contribution is -2.28. The molecule has 0 atom stereocenters. The van der Waals surface area contributed by atoms with E-state index < -0.39 is 0 Å². The van der Waals surface area contributed by atoms with Crippen molar-refractivity contribution in [2.24, 2.45) is 7.05 Å². The van der Waals surface area contributed by atoms with Gasteiger partial charge in [-0.2, -0.15) is 0 Å². The Morgan fingerprint density at radius 3 is 2.74 bits per heavy atom. The molecule has 1 N–H and O–H groups in total. The van der Waals surface area contributed by atoms with E-state index in [2.05, 4.69) is 20.5 Å². The number of carbonyl (C=O) groups is 1. The molecule has 0 aliphatic heterocycles. The van der Waals surface area contributed by atoms with E-state index in [1.54, 1.807) is 37.3 Å². The molecule has 0 saturated heterocycles. The lowest BCUT2D eigenvalue weighted by molar-refractivity contribution is 0.0773. The van der Waals surface area contributed by atoms with Crippen molar-refractivity contribution in [3.8, 4) is 0 Å². The van der Waals surface area contributed by atoms with Gasteiger partial charge in [-0.05, 0) is 12.1 Å². The molecule has 0 radical (unpaired) electrons. The average Bonchev–Trinajstić information content (AvgIpc) is 2.83. The van der Waals surface area contributed by atoms with Crippen LogP contribution in [-0.2, 0) is 13.6 Å². The number of hydrogen-bond acceptors (Lipinski definition) is 5. The number of nitrogens with one attached hydrogen (secondary N) is 1. The summed E-state index contributed by atoms with van der Waals surface area (Å²) in [6, 6.07) is 3.37. The van der Waals surface area contributed by atoms with Crippen molar-refractivity contribution in [2.75, 3.05) is 19.4 Å². The maximum absolute atomic E-state index is 12.1. The largest absolute Gasteiger partial charge is 0.372 e. The highest BCUT2D eigenvalue weighted by Gasteiger charge is 2.15. The summed E-state index contributed by atoms with van der Waals surface area (Å²) < 4.78 is 1.87. The number of imidazole rings is 1. The van der Waals surface area contributed by atoms with Crippen LogP contribution in [0, 0.1) is 0 Å². The minimum Gasteiger partial charge on any atom is -0.372 e. The first kappa shape index (κ1) is 13.0. The molecule has 0 aliphatic rings. The van der Waals surface area contributed by atoms with E-state index in [-0.39, 0.29) is 5.91 Å². The third kappa shape index (κ3) is 2.87. The molecule has 19 heavy (non-hydrogen) atoms. The number of carbonyl (C=O) groups excluding carboxylic acids is 1. The van der Waals surface area contributed by atoms with Crippen molar-refractivity contribution in [3.63, 3.8) is 0 Å². The van der Waals surface area contributed by atoms with Crippen molar-refractivity contribution < 1.29 is 4.79 Å². The predicted molar refractivity (Wildman–Crippen MR) is 70.6 cm³/mol. The molecule has 0 unspecified atom stereocenters. The molecule has 0 bridgehead atoms. The van der Waals surface area contributed by atoms with E-state index in [1.807, 2.05) is 17.8 Å². The quantitative estimate of drug-likeness (QED) is 0.867. The second kappa shape index (κ2) is 5.47. The summed E-state index contributed by atoms with van der Waals surface area (Å²) in [5.41, 5.74) is 0.315. The number of nitrogens with zero attached hydrogens (tertiary/aromatic N) is 5. The molecule has 0 aliphatic carbocycles. The second-order valence-corrected chi connectivity index (χ2v) is 4.17. The molecule has 100 valence electrons. The standard InChI is InChI=1S/C12H16N6O/c1-13-10-5-4-9(15-16-10)12(19)18(3)8-11-14-6-7-17(11)2/h4-7H,8H2,1-3H3,(H,13,16). The van der Waals surface area contributed by atoms with Gasteiger partial charge in [-0.1, -0.05) is 0 Å². The summed E-state index contributed by atoms with van der Waals surface area (Å²) in [5, 5.41) is 10.6. The second-order valence-electron chi connectivity index (χ2n) is 4.17. The van der Waals surface area contributed by atoms with Crippen molar-refractivity contribution >= 4 is 11.7 Å². The number of aryl methyl sites for hydroxylation is 1. The molecular weight excluding hydrogens is 244 g/mol. The highest BCUT2D eigenvalue weighted by Crippen LogP contribution is 2.06. The van der Waals surface area contributed by atoms with Crippen LogP contribution in [0.5, 0.6) is 0 Å². The van der Waals surface area contributed by atoms with Crippen LogP contribution in [0.3, 0.4) is 0 Å². The molecule has 7 nitrogen and oxygen atoms in total. The Labute approximate surface area is 111 Å². The zero-order chi connectivity index (χ0) is 13.8. The van der Waals surface area contributed by atoms with Gasteiger partial charge in [0.25, 0.3) is 5.91 Å². The maximum atomic E-state index is 12.1. The Hall–Kier alpha value is -2.44. The first-order chi connectivity index (χ1) is 9.11. The van der Waals surface area contributed by atoms with Gasteiger partial charge in [0.15, 0.2) is 5.69 Å². The van der Waals surface area contributed by atoms with Crippen molar-refractivity contribution in [1.29, 1.82) is 0 Å². The average molecular weight is 260 g/mol. The van der Waals surface area contributed by atoms with Crippen molar-refractivity contribution in [2.45, 2.75) is 6.54 Å². The first-order valence-electron chi connectivity index (χ1n) is 5.85. The van der Waals surface area contributed by atoms with Crippen LogP contribution in [0.4, 0.5) is 5.82 Å². The summed E-state index contributed by atoms with van der Waals surface area (Å²) in [6.45, 7) is 0.428. The van der Waals surface area contributed by atoms with Gasteiger partial charge < -0.3 is 14.8 Å². The Kier molecular flexibility index (Phi) is 3.74. The highest BCUT2D eigenvalue weighted by molar-refractivity contribution is 5.91. The minimum atomic E-state index is -0.182. The lowest BCUT2D eigenvalue weighted by atomic mass is 10.3. The molecule has 2 heterocycles. The summed E-state index contributed by atoms with van der Waals surface area (Å²) >= 11 is 0. The Morgan fingerprint density at radius 2 is 2.21 bits per heavy atom. The molecule has 7 heteroatoms. The topological polar surface area (TPSA) is 75.9 Å². The third-order valence-corrected chi connectivity index (χ3v) is 2.79. The van der Waals surface area contributed by atoms with Gasteiger partial charge in [0.05, 0.1) is 6.54 Å². The van der Waals surface area contributed by atoms with Crippen molar-refractivity contribution in [1.82, 2.24) is 24.6 Å². The van der Waals surface area contributed by atoms with Gasteiger partial charge >= 0.3 is 0 Å². The predicted octanol–water partition coefficient (Wildman–Crippen LogP) is 0.524. The monoisotopic (exact) mass is 260 g/mol. The fourth-order valence-electron chi connectivity index (χ4n) is 1.61. The number of aromatic nitrogens is 4. The molecular formula is C12H16N6O. The number of amides is 1. The highest BCUT2D eigenvalue weighted by atomic mass is 16.2. The molecule has 2 rings (SSSR count). The number of hydrogen-bond donors (Lipinski definition) is 1. The van der Waals surface area contributed by atoms with Gasteiger partial charge in [-0.15, -0.1) is 10.2 Å². The van der Waals surface area contributed by atoms with Crippen LogP contribution in [0.25, 0.3) is 0 Å².